The van der Waals surface area contributed by atoms with Crippen LogP contribution >= 0.6 is 23.1 Å². The number of rotatable bonds is 5. The molecule has 0 saturated carbocycles. The Morgan fingerprint density at radius 2 is 2.58 bits per heavy atom. The third kappa shape index (κ3) is 3.48. The van der Waals surface area contributed by atoms with Gasteiger partial charge in [-0.1, -0.05) is 23.1 Å². The fourth-order valence-electron chi connectivity index (χ4n) is 0.615. The number of nitrogens with two attached hydrogens (primary N) is 1. The van der Waals surface area contributed by atoms with Crippen LogP contribution in [0.4, 0.5) is 0 Å². The maximum Gasteiger partial charge on any atom is 0.174 e. The van der Waals surface area contributed by atoms with Crippen LogP contribution in [0.15, 0.2) is 9.85 Å². The number of thioether (sulfide) groups is 1. The average Bonchev–Trinajstić information content (AvgIpc) is 2.57. The highest BCUT2D eigenvalue weighted by Crippen LogP contribution is 2.19. The lowest BCUT2D eigenvalue weighted by molar-refractivity contribution is 0.264. The van der Waals surface area contributed by atoms with Crippen molar-refractivity contribution in [3.63, 3.8) is 0 Å². The van der Waals surface area contributed by atoms with Crippen molar-refractivity contribution >= 4 is 23.1 Å². The van der Waals surface area contributed by atoms with E-state index in [1.165, 1.54) is 11.3 Å². The summed E-state index contributed by atoms with van der Waals surface area (Å²) in [5, 5.41) is 16.2. The summed E-state index contributed by atoms with van der Waals surface area (Å²) in [5.74, 6) is 0.886. The summed E-state index contributed by atoms with van der Waals surface area (Å²) in [6, 6.07) is -0.106. The Bertz CT molecular complexity index is 205. The van der Waals surface area contributed by atoms with Gasteiger partial charge in [0.15, 0.2) is 4.34 Å². The van der Waals surface area contributed by atoms with Crippen molar-refractivity contribution in [2.45, 2.75) is 16.8 Å². The zero-order chi connectivity index (χ0) is 8.81. The van der Waals surface area contributed by atoms with Gasteiger partial charge in [-0.15, -0.1) is 10.2 Å². The second-order valence-electron chi connectivity index (χ2n) is 2.28. The summed E-state index contributed by atoms with van der Waals surface area (Å²) < 4.78 is 0.958. The molecule has 1 aromatic heterocycles. The van der Waals surface area contributed by atoms with Crippen LogP contribution in [-0.2, 0) is 0 Å². The minimum absolute atomic E-state index is 0.0523. The Balaban J connectivity index is 2.11. The first-order valence-corrected chi connectivity index (χ1v) is 5.45. The molecule has 6 heteroatoms. The van der Waals surface area contributed by atoms with Crippen LogP contribution in [0.1, 0.15) is 6.42 Å². The summed E-state index contributed by atoms with van der Waals surface area (Å²) in [5.41, 5.74) is 7.22. The van der Waals surface area contributed by atoms with Gasteiger partial charge < -0.3 is 10.8 Å². The van der Waals surface area contributed by atoms with E-state index in [2.05, 4.69) is 10.2 Å². The van der Waals surface area contributed by atoms with E-state index in [9.17, 15) is 0 Å². The van der Waals surface area contributed by atoms with Gasteiger partial charge in [0.05, 0.1) is 6.61 Å². The van der Waals surface area contributed by atoms with E-state index in [0.29, 0.717) is 0 Å². The lowest BCUT2D eigenvalue weighted by Gasteiger charge is -2.04. The molecule has 1 heterocycles. The predicted molar refractivity (Wildman–Crippen MR) is 50.3 cm³/mol. The molecule has 0 radical (unpaired) electrons. The van der Waals surface area contributed by atoms with Crippen LogP contribution < -0.4 is 5.73 Å². The lowest BCUT2D eigenvalue weighted by atomic mass is 10.3. The predicted octanol–water partition coefficient (Wildman–Crippen LogP) is 0.340. The molecule has 12 heavy (non-hydrogen) atoms. The molecule has 0 saturated heterocycles. The van der Waals surface area contributed by atoms with Gasteiger partial charge in [-0.05, 0) is 6.42 Å². The van der Waals surface area contributed by atoms with Crippen LogP contribution in [0, 0.1) is 0 Å². The molecule has 0 aliphatic carbocycles. The van der Waals surface area contributed by atoms with E-state index in [-0.39, 0.29) is 12.6 Å². The Kier molecular flexibility index (Phi) is 4.52. The van der Waals surface area contributed by atoms with Crippen LogP contribution in [0.5, 0.6) is 0 Å². The van der Waals surface area contributed by atoms with E-state index in [4.69, 9.17) is 10.8 Å². The fraction of sp³-hybridized carbons (Fsp3) is 0.667. The third-order valence-electron chi connectivity index (χ3n) is 1.29. The van der Waals surface area contributed by atoms with Gasteiger partial charge in [-0.2, -0.15) is 0 Å². The van der Waals surface area contributed by atoms with Crippen molar-refractivity contribution in [2.75, 3.05) is 12.4 Å². The summed E-state index contributed by atoms with van der Waals surface area (Å²) in [7, 11) is 0. The van der Waals surface area contributed by atoms with Gasteiger partial charge in [0.25, 0.3) is 0 Å². The van der Waals surface area contributed by atoms with Gasteiger partial charge in [0.1, 0.15) is 5.51 Å². The minimum Gasteiger partial charge on any atom is -0.395 e. The highest BCUT2D eigenvalue weighted by molar-refractivity contribution is 8.00. The summed E-state index contributed by atoms with van der Waals surface area (Å²) in [4.78, 5) is 0. The molecule has 0 aliphatic heterocycles. The molecule has 4 nitrogen and oxygen atoms in total. The summed E-state index contributed by atoms with van der Waals surface area (Å²) in [6.45, 7) is 0.0523. The van der Waals surface area contributed by atoms with Gasteiger partial charge in [-0.3, -0.25) is 0 Å². The second kappa shape index (κ2) is 5.47. The molecule has 3 N–H and O–H groups in total. The van der Waals surface area contributed by atoms with Crippen molar-refractivity contribution in [2.24, 2.45) is 5.73 Å². The molecule has 0 bridgehead atoms. The zero-order valence-corrected chi connectivity index (χ0v) is 8.14. The number of aliphatic hydroxyl groups is 1. The van der Waals surface area contributed by atoms with Crippen molar-refractivity contribution in [1.82, 2.24) is 10.2 Å². The topological polar surface area (TPSA) is 72.0 Å². The lowest BCUT2D eigenvalue weighted by Crippen LogP contribution is -2.24. The van der Waals surface area contributed by atoms with Crippen LogP contribution in [0.25, 0.3) is 0 Å². The van der Waals surface area contributed by atoms with Gasteiger partial charge >= 0.3 is 0 Å². The smallest absolute Gasteiger partial charge is 0.174 e. The van der Waals surface area contributed by atoms with Crippen molar-refractivity contribution in [3.8, 4) is 0 Å². The third-order valence-corrected chi connectivity index (χ3v) is 3.18. The fourth-order valence-corrected chi connectivity index (χ4v) is 2.24. The van der Waals surface area contributed by atoms with Crippen LogP contribution in [0.2, 0.25) is 0 Å². The van der Waals surface area contributed by atoms with Crippen LogP contribution in [-0.4, -0.2) is 33.7 Å². The molecule has 68 valence electrons. The Labute approximate surface area is 79.2 Å². The van der Waals surface area contributed by atoms with Crippen LogP contribution in [0.3, 0.4) is 0 Å². The van der Waals surface area contributed by atoms with E-state index in [0.717, 1.165) is 16.5 Å². The first kappa shape index (κ1) is 9.91. The standard InChI is InChI=1S/C6H11N3OS2/c7-5(3-10)1-2-11-6-9-8-4-12-6/h4-5,10H,1-3,7H2. The summed E-state index contributed by atoms with van der Waals surface area (Å²) in [6.07, 6.45) is 0.806. The molecular weight excluding hydrogens is 194 g/mol. The quantitative estimate of drug-likeness (QED) is 0.678. The molecule has 1 rings (SSSR count). The molecule has 0 aromatic carbocycles. The van der Waals surface area contributed by atoms with Gasteiger partial charge in [0, 0.05) is 11.8 Å². The van der Waals surface area contributed by atoms with E-state index in [1.807, 2.05) is 0 Å². The Morgan fingerprint density at radius 1 is 1.75 bits per heavy atom. The monoisotopic (exact) mass is 205 g/mol. The molecular formula is C6H11N3OS2. The normalized spacial score (nSPS) is 13.2. The van der Waals surface area contributed by atoms with E-state index < -0.39 is 0 Å². The maximum atomic E-state index is 8.63. The number of hydrogen-bond acceptors (Lipinski definition) is 6. The average molecular weight is 205 g/mol. The van der Waals surface area contributed by atoms with Gasteiger partial charge in [-0.25, -0.2) is 0 Å². The Hall–Kier alpha value is -0.170. The second-order valence-corrected chi connectivity index (χ2v) is 4.46. The Morgan fingerprint density at radius 3 is 3.17 bits per heavy atom. The number of aliphatic hydroxyl groups excluding tert-OH is 1. The maximum absolute atomic E-state index is 8.63. The minimum atomic E-state index is -0.106. The zero-order valence-electron chi connectivity index (χ0n) is 6.51. The largest absolute Gasteiger partial charge is 0.395 e. The molecule has 0 amide bonds. The van der Waals surface area contributed by atoms with E-state index in [1.54, 1.807) is 17.3 Å². The van der Waals surface area contributed by atoms with Gasteiger partial charge in [0.2, 0.25) is 0 Å². The van der Waals surface area contributed by atoms with Crippen molar-refractivity contribution in [3.05, 3.63) is 5.51 Å². The van der Waals surface area contributed by atoms with Crippen molar-refractivity contribution in [1.29, 1.82) is 0 Å². The highest BCUT2D eigenvalue weighted by Gasteiger charge is 2.01. The molecule has 0 aliphatic rings. The van der Waals surface area contributed by atoms with Crippen molar-refractivity contribution < 1.29 is 5.11 Å². The highest BCUT2D eigenvalue weighted by atomic mass is 32.2. The number of nitrogens with zero attached hydrogens (tertiary/aromatic N) is 2. The molecule has 1 atom stereocenters. The number of aromatic nitrogens is 2. The first-order valence-electron chi connectivity index (χ1n) is 3.58. The molecule has 0 fully saturated rings. The van der Waals surface area contributed by atoms with E-state index >= 15 is 0 Å². The SMILES string of the molecule is NC(CO)CCSc1nncs1. The molecule has 0 spiro atoms. The number of hydrogen-bond donors (Lipinski definition) is 2. The molecule has 1 aromatic rings. The first-order chi connectivity index (χ1) is 5.83. The summed E-state index contributed by atoms with van der Waals surface area (Å²) >= 11 is 3.14. The molecule has 1 unspecified atom stereocenters.